The van der Waals surface area contributed by atoms with E-state index in [0.717, 1.165) is 75.6 Å². The number of rotatable bonds is 34. The molecule has 7 nitrogen and oxygen atoms in total. The van der Waals surface area contributed by atoms with Crippen molar-refractivity contribution in [2.75, 3.05) is 26.2 Å². The molecule has 0 heterocycles. The fourth-order valence-electron chi connectivity index (χ4n) is 6.06. The van der Waals surface area contributed by atoms with Gasteiger partial charge in [-0.05, 0) is 77.0 Å². The molecule has 0 spiro atoms. The van der Waals surface area contributed by atoms with Gasteiger partial charge in [-0.25, -0.2) is 0 Å². The first-order chi connectivity index (χ1) is 20.8. The van der Waals surface area contributed by atoms with Gasteiger partial charge in [0.2, 0.25) is 0 Å². The van der Waals surface area contributed by atoms with E-state index in [1.807, 2.05) is 0 Å². The van der Waals surface area contributed by atoms with E-state index in [2.05, 4.69) is 19.1 Å². The van der Waals surface area contributed by atoms with Gasteiger partial charge in [0.05, 0.1) is 26.2 Å². The molecule has 252 valence electrons. The van der Waals surface area contributed by atoms with Gasteiger partial charge in [-0.2, -0.15) is 0 Å². The van der Waals surface area contributed by atoms with Crippen LogP contribution in [0.1, 0.15) is 174 Å². The van der Waals surface area contributed by atoms with Crippen LogP contribution >= 0.6 is 0 Å². The van der Waals surface area contributed by atoms with E-state index in [0.29, 0.717) is 19.3 Å². The summed E-state index contributed by atoms with van der Waals surface area (Å²) in [6.45, 7) is 5.82. The normalized spacial score (nSPS) is 11.8. The van der Waals surface area contributed by atoms with Crippen LogP contribution < -0.4 is 5.11 Å². The summed E-state index contributed by atoms with van der Waals surface area (Å²) >= 11 is 0. The van der Waals surface area contributed by atoms with Crippen LogP contribution in [0.3, 0.4) is 0 Å². The summed E-state index contributed by atoms with van der Waals surface area (Å²) in [4.78, 5) is 32.9. The van der Waals surface area contributed by atoms with Crippen LogP contribution in [0.25, 0.3) is 0 Å². The molecular weight excluding hydrogens is 542 g/mol. The minimum absolute atomic E-state index is 0.0576. The zero-order valence-corrected chi connectivity index (χ0v) is 27.8. The lowest BCUT2D eigenvalue weighted by Crippen LogP contribution is -2.51. The number of allylic oxidation sites excluding steroid dienone is 2. The van der Waals surface area contributed by atoms with Crippen LogP contribution in [-0.2, 0) is 14.4 Å². The van der Waals surface area contributed by atoms with E-state index in [9.17, 15) is 19.5 Å². The maximum absolute atomic E-state index is 11.0. The summed E-state index contributed by atoms with van der Waals surface area (Å²) in [6.07, 6.45) is 31.5. The van der Waals surface area contributed by atoms with Gasteiger partial charge in [-0.15, -0.1) is 0 Å². The van der Waals surface area contributed by atoms with Gasteiger partial charge in [-0.1, -0.05) is 96.1 Å². The van der Waals surface area contributed by atoms with Crippen LogP contribution in [0.4, 0.5) is 0 Å². The third-order valence-electron chi connectivity index (χ3n) is 8.70. The summed E-state index contributed by atoms with van der Waals surface area (Å²) in [5.74, 6) is -2.58. The Bertz CT molecular complexity index is 653. The van der Waals surface area contributed by atoms with Gasteiger partial charge in [0, 0.05) is 18.8 Å². The highest BCUT2D eigenvalue weighted by Crippen LogP contribution is 2.19. The predicted octanol–water partition coefficient (Wildman–Crippen LogP) is 8.44. The average molecular weight is 610 g/mol. The highest BCUT2D eigenvalue weighted by Gasteiger charge is 2.26. The van der Waals surface area contributed by atoms with Gasteiger partial charge in [0.15, 0.2) is 0 Å². The number of carbonyl (C=O) groups excluding carboxylic acids is 1. The predicted molar refractivity (Wildman–Crippen MR) is 175 cm³/mol. The Hall–Kier alpha value is -1.89. The van der Waals surface area contributed by atoms with Crippen molar-refractivity contribution in [2.45, 2.75) is 174 Å². The topological polar surface area (TPSA) is 115 Å². The lowest BCUT2D eigenvalue weighted by molar-refractivity contribution is -0.929. The van der Waals surface area contributed by atoms with Crippen LogP contribution in [0, 0.1) is 0 Å². The molecule has 0 radical (unpaired) electrons. The molecule has 0 atom stereocenters. The molecule has 7 heteroatoms. The Kier molecular flexibility index (Phi) is 28.8. The van der Waals surface area contributed by atoms with Crippen molar-refractivity contribution >= 4 is 17.9 Å². The zero-order chi connectivity index (χ0) is 31.9. The van der Waals surface area contributed by atoms with Gasteiger partial charge in [-0.3, -0.25) is 9.59 Å². The van der Waals surface area contributed by atoms with E-state index < -0.39 is 17.9 Å². The van der Waals surface area contributed by atoms with Crippen molar-refractivity contribution in [2.24, 2.45) is 0 Å². The average Bonchev–Trinajstić information content (AvgIpc) is 2.96. The van der Waals surface area contributed by atoms with Crippen LogP contribution in [-0.4, -0.2) is 58.8 Å². The van der Waals surface area contributed by atoms with Crippen molar-refractivity contribution in [3.63, 3.8) is 0 Å². The molecule has 0 bridgehead atoms. The maximum atomic E-state index is 11.0. The molecule has 0 aromatic carbocycles. The van der Waals surface area contributed by atoms with Crippen molar-refractivity contribution < 1.29 is 34.2 Å². The molecule has 0 saturated heterocycles. The van der Waals surface area contributed by atoms with E-state index in [4.69, 9.17) is 10.2 Å². The molecule has 0 unspecified atom stereocenters. The van der Waals surface area contributed by atoms with Crippen molar-refractivity contribution in [3.05, 3.63) is 12.2 Å². The van der Waals surface area contributed by atoms with Crippen molar-refractivity contribution in [1.82, 2.24) is 0 Å². The molecule has 0 saturated carbocycles. The molecule has 0 aliphatic carbocycles. The number of carboxylic acid groups (broad SMARTS) is 3. The second-order valence-electron chi connectivity index (χ2n) is 12.8. The molecule has 0 amide bonds. The minimum Gasteiger partial charge on any atom is -0.550 e. The molecule has 0 fully saturated rings. The molecular formula is C36H67NO6. The number of unbranched alkanes of at least 4 members (excludes halogenated alkanes) is 18. The maximum Gasteiger partial charge on any atom is 0.303 e. The second kappa shape index (κ2) is 30.1. The summed E-state index contributed by atoms with van der Waals surface area (Å²) in [5, 5.41) is 29.0. The monoisotopic (exact) mass is 609 g/mol. The summed E-state index contributed by atoms with van der Waals surface area (Å²) < 4.78 is 0.828. The molecule has 2 N–H and O–H groups in total. The lowest BCUT2D eigenvalue weighted by Gasteiger charge is -2.39. The standard InChI is InChI=1S/C36H67NO6/c1-2-3-4-5-6-7-8-9-10-11-12-13-14-15-16-17-18-19-23-30-37(31-24-20-27-34(38)39,32-25-21-28-35(40)41)33-26-22-29-36(42)43/h16-17H,2-15,18-33H2,1H3,(H2-,38,39,40,41,42,43)/b17-16+. The Morgan fingerprint density at radius 3 is 1.19 bits per heavy atom. The van der Waals surface area contributed by atoms with Gasteiger partial charge < -0.3 is 24.6 Å². The number of carbonyl (C=O) groups is 3. The summed E-state index contributed by atoms with van der Waals surface area (Å²) in [7, 11) is 0. The Morgan fingerprint density at radius 2 is 0.814 bits per heavy atom. The number of hydrogen-bond acceptors (Lipinski definition) is 4. The number of aliphatic carboxylic acids is 3. The Balaban J connectivity index is 4.34. The SMILES string of the molecule is CCCCCCCCCCCCCCC/C=C/CCCC[N+](CCCCC(=O)[O-])(CCCCC(=O)O)CCCCC(=O)O. The van der Waals surface area contributed by atoms with Crippen molar-refractivity contribution in [3.8, 4) is 0 Å². The third kappa shape index (κ3) is 29.9. The highest BCUT2D eigenvalue weighted by atomic mass is 16.4. The smallest absolute Gasteiger partial charge is 0.303 e. The Labute approximate surface area is 264 Å². The summed E-state index contributed by atoms with van der Waals surface area (Å²) in [6, 6.07) is 0. The van der Waals surface area contributed by atoms with Gasteiger partial charge in [0.1, 0.15) is 0 Å². The third-order valence-corrected chi connectivity index (χ3v) is 8.70. The minimum atomic E-state index is -1.02. The fourth-order valence-corrected chi connectivity index (χ4v) is 6.06. The van der Waals surface area contributed by atoms with E-state index in [1.165, 1.54) is 83.5 Å². The first kappa shape index (κ1) is 41.1. The number of quaternary nitrogens is 1. The number of hydrogen-bond donors (Lipinski definition) is 2. The van der Waals surface area contributed by atoms with Gasteiger partial charge in [0.25, 0.3) is 0 Å². The summed E-state index contributed by atoms with van der Waals surface area (Å²) in [5.41, 5.74) is 0. The Morgan fingerprint density at radius 1 is 0.488 bits per heavy atom. The first-order valence-electron chi connectivity index (χ1n) is 17.9. The largest absolute Gasteiger partial charge is 0.550 e. The quantitative estimate of drug-likeness (QED) is 0.0430. The van der Waals surface area contributed by atoms with Crippen LogP contribution in [0.5, 0.6) is 0 Å². The van der Waals surface area contributed by atoms with E-state index in [-0.39, 0.29) is 19.3 Å². The zero-order valence-electron chi connectivity index (χ0n) is 27.8. The van der Waals surface area contributed by atoms with E-state index >= 15 is 0 Å². The molecule has 0 aromatic rings. The van der Waals surface area contributed by atoms with E-state index in [1.54, 1.807) is 0 Å². The van der Waals surface area contributed by atoms with Gasteiger partial charge >= 0.3 is 11.9 Å². The number of carboxylic acids is 3. The lowest BCUT2D eigenvalue weighted by atomic mass is 10.0. The van der Waals surface area contributed by atoms with Crippen molar-refractivity contribution in [1.29, 1.82) is 0 Å². The number of nitrogens with zero attached hydrogens (tertiary/aromatic N) is 1. The molecule has 0 aliphatic rings. The molecule has 43 heavy (non-hydrogen) atoms. The second-order valence-corrected chi connectivity index (χ2v) is 12.8. The molecule has 0 rings (SSSR count). The van der Waals surface area contributed by atoms with Crippen LogP contribution in [0.2, 0.25) is 0 Å². The highest BCUT2D eigenvalue weighted by molar-refractivity contribution is 5.66. The molecule has 0 aliphatic heterocycles. The van der Waals surface area contributed by atoms with Crippen LogP contribution in [0.15, 0.2) is 12.2 Å². The first-order valence-corrected chi connectivity index (χ1v) is 17.9. The fraction of sp³-hybridized carbons (Fsp3) is 0.861. The molecule has 0 aromatic heterocycles.